The van der Waals surface area contributed by atoms with Crippen LogP contribution in [0.5, 0.6) is 0 Å². The van der Waals surface area contributed by atoms with Gasteiger partial charge in [0, 0.05) is 18.7 Å². The highest BCUT2D eigenvalue weighted by molar-refractivity contribution is 5.85. The zero-order valence-corrected chi connectivity index (χ0v) is 11.9. The van der Waals surface area contributed by atoms with Gasteiger partial charge in [0.15, 0.2) is 0 Å². The molecule has 0 amide bonds. The lowest BCUT2D eigenvalue weighted by atomic mass is 10.1. The third-order valence-electron chi connectivity index (χ3n) is 3.50. The van der Waals surface area contributed by atoms with E-state index in [2.05, 4.69) is 10.2 Å². The highest BCUT2D eigenvalue weighted by Crippen LogP contribution is 2.21. The first-order valence-electron chi connectivity index (χ1n) is 6.43. The fraction of sp³-hybridized carbons (Fsp3) is 0.571. The average Bonchev–Trinajstić information content (AvgIpc) is 2.78. The summed E-state index contributed by atoms with van der Waals surface area (Å²) < 4.78 is 24.8. The smallest absolute Gasteiger partial charge is 0.263 e. The molecule has 0 radical (unpaired) electrons. The van der Waals surface area contributed by atoms with Crippen LogP contribution in [0.1, 0.15) is 24.0 Å². The van der Waals surface area contributed by atoms with Crippen molar-refractivity contribution in [2.75, 3.05) is 26.7 Å². The minimum absolute atomic E-state index is 0. The summed E-state index contributed by atoms with van der Waals surface area (Å²) in [5.41, 5.74) is 1.22. The van der Waals surface area contributed by atoms with Gasteiger partial charge in [-0.05, 0) is 38.0 Å². The van der Waals surface area contributed by atoms with E-state index >= 15 is 0 Å². The normalized spacial score (nSPS) is 19.7. The molecular formula is C14H21ClF2N2. The molecule has 5 heteroatoms. The molecule has 1 aliphatic rings. The Morgan fingerprint density at radius 3 is 2.58 bits per heavy atom. The van der Waals surface area contributed by atoms with Gasteiger partial charge in [0.25, 0.3) is 6.43 Å². The minimum atomic E-state index is -2.37. The highest BCUT2D eigenvalue weighted by atomic mass is 35.5. The van der Waals surface area contributed by atoms with Crippen molar-refractivity contribution in [2.24, 2.45) is 5.92 Å². The summed E-state index contributed by atoms with van der Waals surface area (Å²) in [5.74, 6) is 0.718. The Kier molecular flexibility index (Phi) is 6.69. The van der Waals surface area contributed by atoms with E-state index in [0.717, 1.165) is 37.7 Å². The van der Waals surface area contributed by atoms with Gasteiger partial charge in [0.2, 0.25) is 0 Å². The quantitative estimate of drug-likeness (QED) is 0.896. The van der Waals surface area contributed by atoms with Gasteiger partial charge in [-0.15, -0.1) is 12.4 Å². The fourth-order valence-electron chi connectivity index (χ4n) is 2.54. The van der Waals surface area contributed by atoms with Crippen LogP contribution in [0.2, 0.25) is 0 Å². The summed E-state index contributed by atoms with van der Waals surface area (Å²) in [6.07, 6.45) is -1.15. The van der Waals surface area contributed by atoms with Gasteiger partial charge in [0.1, 0.15) is 0 Å². The largest absolute Gasteiger partial charge is 0.319 e. The number of rotatable bonds is 5. The summed E-state index contributed by atoms with van der Waals surface area (Å²) in [6.45, 7) is 4.12. The standard InChI is InChI=1S/C14H20F2N2.ClH/c1-17-8-12-6-7-18(10-12)9-11-2-4-13(5-3-11)14(15)16;/h2-5,12,14,17H,6-10H2,1H3;1H. The van der Waals surface area contributed by atoms with E-state index in [4.69, 9.17) is 0 Å². The molecular weight excluding hydrogens is 270 g/mol. The molecule has 1 saturated heterocycles. The Morgan fingerprint density at radius 2 is 2.00 bits per heavy atom. The zero-order chi connectivity index (χ0) is 13.0. The third kappa shape index (κ3) is 4.71. The lowest BCUT2D eigenvalue weighted by Crippen LogP contribution is -2.24. The summed E-state index contributed by atoms with van der Waals surface area (Å²) in [7, 11) is 1.98. The number of nitrogens with zero attached hydrogens (tertiary/aromatic N) is 1. The molecule has 0 aliphatic carbocycles. The Morgan fingerprint density at radius 1 is 1.32 bits per heavy atom. The number of benzene rings is 1. The molecule has 1 N–H and O–H groups in total. The molecule has 2 nitrogen and oxygen atoms in total. The van der Waals surface area contributed by atoms with Gasteiger partial charge in [0.05, 0.1) is 0 Å². The van der Waals surface area contributed by atoms with Crippen LogP contribution in [0.25, 0.3) is 0 Å². The maximum absolute atomic E-state index is 12.4. The van der Waals surface area contributed by atoms with E-state index < -0.39 is 6.43 Å². The molecule has 0 aromatic heterocycles. The predicted octanol–water partition coefficient (Wildman–Crippen LogP) is 3.09. The summed E-state index contributed by atoms with van der Waals surface area (Å²) in [4.78, 5) is 2.39. The van der Waals surface area contributed by atoms with Crippen molar-refractivity contribution in [1.29, 1.82) is 0 Å². The van der Waals surface area contributed by atoms with Crippen LogP contribution < -0.4 is 5.32 Å². The average molecular weight is 291 g/mol. The maximum Gasteiger partial charge on any atom is 0.263 e. The Bertz CT molecular complexity index is 370. The van der Waals surface area contributed by atoms with Crippen molar-refractivity contribution in [3.05, 3.63) is 35.4 Å². The second-order valence-electron chi connectivity index (χ2n) is 4.99. The molecule has 1 aliphatic heterocycles. The molecule has 2 rings (SSSR count). The Labute approximate surface area is 119 Å². The molecule has 19 heavy (non-hydrogen) atoms. The molecule has 0 bridgehead atoms. The fourth-order valence-corrected chi connectivity index (χ4v) is 2.54. The summed E-state index contributed by atoms with van der Waals surface area (Å²) >= 11 is 0. The van der Waals surface area contributed by atoms with Crippen molar-refractivity contribution in [2.45, 2.75) is 19.4 Å². The van der Waals surface area contributed by atoms with Gasteiger partial charge in [-0.25, -0.2) is 8.78 Å². The van der Waals surface area contributed by atoms with E-state index in [1.165, 1.54) is 18.6 Å². The van der Waals surface area contributed by atoms with E-state index in [1.807, 2.05) is 19.2 Å². The lowest BCUT2D eigenvalue weighted by molar-refractivity contribution is 0.151. The molecule has 1 unspecified atom stereocenters. The highest BCUT2D eigenvalue weighted by Gasteiger charge is 2.21. The number of nitrogens with one attached hydrogen (secondary N) is 1. The summed E-state index contributed by atoms with van der Waals surface area (Å²) in [5, 5.41) is 3.20. The zero-order valence-electron chi connectivity index (χ0n) is 11.1. The Balaban J connectivity index is 0.00000180. The number of alkyl halides is 2. The molecule has 0 spiro atoms. The van der Waals surface area contributed by atoms with Crippen LogP contribution >= 0.6 is 12.4 Å². The van der Waals surface area contributed by atoms with Gasteiger partial charge < -0.3 is 5.32 Å². The third-order valence-corrected chi connectivity index (χ3v) is 3.50. The van der Waals surface area contributed by atoms with Crippen molar-refractivity contribution < 1.29 is 8.78 Å². The molecule has 1 aromatic rings. The van der Waals surface area contributed by atoms with Crippen molar-refractivity contribution in [1.82, 2.24) is 10.2 Å². The van der Waals surface area contributed by atoms with Crippen LogP contribution in [0, 0.1) is 5.92 Å². The second-order valence-corrected chi connectivity index (χ2v) is 4.99. The van der Waals surface area contributed by atoms with Crippen LogP contribution in [0.15, 0.2) is 24.3 Å². The first-order valence-corrected chi connectivity index (χ1v) is 6.43. The molecule has 0 saturated carbocycles. The van der Waals surface area contributed by atoms with Crippen LogP contribution in [0.4, 0.5) is 8.78 Å². The number of hydrogen-bond acceptors (Lipinski definition) is 2. The van der Waals surface area contributed by atoms with E-state index in [9.17, 15) is 8.78 Å². The number of halogens is 3. The first kappa shape index (κ1) is 16.3. The van der Waals surface area contributed by atoms with Crippen LogP contribution in [-0.4, -0.2) is 31.6 Å². The first-order chi connectivity index (χ1) is 8.69. The van der Waals surface area contributed by atoms with Crippen LogP contribution in [-0.2, 0) is 6.54 Å². The molecule has 1 fully saturated rings. The van der Waals surface area contributed by atoms with Crippen molar-refractivity contribution in [3.8, 4) is 0 Å². The molecule has 1 heterocycles. The van der Waals surface area contributed by atoms with Crippen molar-refractivity contribution in [3.63, 3.8) is 0 Å². The maximum atomic E-state index is 12.4. The second kappa shape index (κ2) is 7.78. The summed E-state index contributed by atoms with van der Waals surface area (Å²) in [6, 6.07) is 6.68. The Hall–Kier alpha value is -0.710. The SMILES string of the molecule is CNCC1CCN(Cc2ccc(C(F)F)cc2)C1.Cl. The van der Waals surface area contributed by atoms with E-state index in [0.29, 0.717) is 0 Å². The molecule has 108 valence electrons. The van der Waals surface area contributed by atoms with Gasteiger partial charge in [-0.2, -0.15) is 0 Å². The molecule has 1 aromatic carbocycles. The molecule has 1 atom stereocenters. The van der Waals surface area contributed by atoms with Gasteiger partial charge >= 0.3 is 0 Å². The topological polar surface area (TPSA) is 15.3 Å². The van der Waals surface area contributed by atoms with E-state index in [-0.39, 0.29) is 18.0 Å². The lowest BCUT2D eigenvalue weighted by Gasteiger charge is -2.16. The number of hydrogen-bond donors (Lipinski definition) is 1. The predicted molar refractivity (Wildman–Crippen MR) is 76.0 cm³/mol. The van der Waals surface area contributed by atoms with Gasteiger partial charge in [-0.1, -0.05) is 24.3 Å². The minimum Gasteiger partial charge on any atom is -0.319 e. The van der Waals surface area contributed by atoms with Gasteiger partial charge in [-0.3, -0.25) is 4.90 Å². The van der Waals surface area contributed by atoms with Crippen molar-refractivity contribution >= 4 is 12.4 Å². The van der Waals surface area contributed by atoms with E-state index in [1.54, 1.807) is 0 Å². The number of likely N-dealkylation sites (tertiary alicyclic amines) is 1. The monoisotopic (exact) mass is 290 g/mol. The van der Waals surface area contributed by atoms with Crippen LogP contribution in [0.3, 0.4) is 0 Å².